The first kappa shape index (κ1) is 13.3. The highest BCUT2D eigenvalue weighted by Gasteiger charge is 2.10. The summed E-state index contributed by atoms with van der Waals surface area (Å²) in [5, 5.41) is 3.88. The van der Waals surface area contributed by atoms with Crippen molar-refractivity contribution in [3.63, 3.8) is 0 Å². The Morgan fingerprint density at radius 2 is 2.28 bits per heavy atom. The van der Waals surface area contributed by atoms with E-state index in [0.717, 1.165) is 48.0 Å². The van der Waals surface area contributed by atoms with E-state index < -0.39 is 0 Å². The van der Waals surface area contributed by atoms with Gasteiger partial charge in [0.2, 0.25) is 0 Å². The number of ether oxygens (including phenoxy) is 1. The lowest BCUT2D eigenvalue weighted by Crippen LogP contribution is -2.13. The van der Waals surface area contributed by atoms with Crippen LogP contribution in [0.15, 0.2) is 18.2 Å². The normalized spacial score (nSPS) is 11.3. The number of aromatic nitrogens is 2. The summed E-state index contributed by atoms with van der Waals surface area (Å²) in [5.41, 5.74) is 2.07. The van der Waals surface area contributed by atoms with Gasteiger partial charge in [-0.15, -0.1) is 0 Å². The summed E-state index contributed by atoms with van der Waals surface area (Å²) in [6.07, 6.45) is 0.963. The number of imidazole rings is 1. The predicted molar refractivity (Wildman–Crippen MR) is 74.0 cm³/mol. The maximum atomic E-state index is 6.06. The molecule has 0 aliphatic heterocycles. The molecule has 0 saturated heterocycles. The van der Waals surface area contributed by atoms with E-state index in [4.69, 9.17) is 16.3 Å². The van der Waals surface area contributed by atoms with Crippen LogP contribution < -0.4 is 5.32 Å². The zero-order chi connectivity index (χ0) is 13.0. The molecule has 0 bridgehead atoms. The maximum Gasteiger partial charge on any atom is 0.123 e. The van der Waals surface area contributed by atoms with E-state index in [9.17, 15) is 0 Å². The monoisotopic (exact) mass is 267 g/mol. The summed E-state index contributed by atoms with van der Waals surface area (Å²) >= 11 is 6.06. The fourth-order valence-electron chi connectivity index (χ4n) is 2.06. The minimum Gasteiger partial charge on any atom is -0.385 e. The lowest BCUT2D eigenvalue weighted by Gasteiger charge is -2.08. The van der Waals surface area contributed by atoms with Gasteiger partial charge in [0.05, 0.1) is 17.6 Å². The number of rotatable bonds is 6. The predicted octanol–water partition coefficient (Wildman–Crippen LogP) is 2.45. The van der Waals surface area contributed by atoms with E-state index in [1.54, 1.807) is 7.11 Å². The molecule has 0 spiro atoms. The molecule has 0 unspecified atom stereocenters. The van der Waals surface area contributed by atoms with Crippen LogP contribution in [0.4, 0.5) is 0 Å². The highest BCUT2D eigenvalue weighted by Crippen LogP contribution is 2.21. The molecule has 98 valence electrons. The van der Waals surface area contributed by atoms with E-state index in [0.29, 0.717) is 0 Å². The van der Waals surface area contributed by atoms with Crippen LogP contribution in [-0.2, 0) is 17.8 Å². The molecule has 4 nitrogen and oxygen atoms in total. The Labute approximate surface area is 112 Å². The number of benzene rings is 1. The van der Waals surface area contributed by atoms with Crippen LogP contribution in [0.5, 0.6) is 0 Å². The fraction of sp³-hybridized carbons (Fsp3) is 0.462. The van der Waals surface area contributed by atoms with Crippen LogP contribution in [0, 0.1) is 0 Å². The molecular weight excluding hydrogens is 250 g/mol. The Morgan fingerprint density at radius 3 is 3.00 bits per heavy atom. The van der Waals surface area contributed by atoms with Crippen molar-refractivity contribution < 1.29 is 4.74 Å². The Kier molecular flexibility index (Phi) is 4.58. The summed E-state index contributed by atoms with van der Waals surface area (Å²) in [7, 11) is 3.64. The molecule has 2 aromatic rings. The Morgan fingerprint density at radius 1 is 1.44 bits per heavy atom. The number of fused-ring (bicyclic) bond motifs is 1. The molecule has 2 rings (SSSR count). The van der Waals surface area contributed by atoms with Crippen LogP contribution >= 0.6 is 11.6 Å². The summed E-state index contributed by atoms with van der Waals surface area (Å²) in [5.74, 6) is 1.03. The molecule has 1 aromatic carbocycles. The molecule has 0 aliphatic rings. The highest BCUT2D eigenvalue weighted by atomic mass is 35.5. The lowest BCUT2D eigenvalue weighted by molar-refractivity contribution is 0.190. The van der Waals surface area contributed by atoms with Crippen molar-refractivity contribution in [2.24, 2.45) is 0 Å². The summed E-state index contributed by atoms with van der Waals surface area (Å²) in [4.78, 5) is 4.62. The minimum absolute atomic E-state index is 0.742. The second-order valence-corrected chi connectivity index (χ2v) is 4.63. The van der Waals surface area contributed by atoms with Gasteiger partial charge in [0.1, 0.15) is 5.82 Å². The Hall–Kier alpha value is -1.10. The van der Waals surface area contributed by atoms with Gasteiger partial charge >= 0.3 is 0 Å². The number of halogens is 1. The Balaban J connectivity index is 2.36. The van der Waals surface area contributed by atoms with Gasteiger partial charge < -0.3 is 14.6 Å². The van der Waals surface area contributed by atoms with Gasteiger partial charge in [-0.05, 0) is 31.7 Å². The molecule has 0 amide bonds. The molecule has 0 saturated carbocycles. The van der Waals surface area contributed by atoms with Crippen molar-refractivity contribution in [3.8, 4) is 0 Å². The average molecular weight is 268 g/mol. The Bertz CT molecular complexity index is 524. The van der Waals surface area contributed by atoms with Gasteiger partial charge in [0.15, 0.2) is 0 Å². The average Bonchev–Trinajstić information content (AvgIpc) is 2.68. The van der Waals surface area contributed by atoms with Crippen LogP contribution in [0.1, 0.15) is 12.2 Å². The van der Waals surface area contributed by atoms with Gasteiger partial charge in [-0.1, -0.05) is 11.6 Å². The van der Waals surface area contributed by atoms with E-state index in [1.165, 1.54) is 0 Å². The van der Waals surface area contributed by atoms with Gasteiger partial charge in [-0.3, -0.25) is 0 Å². The second-order valence-electron chi connectivity index (χ2n) is 4.19. The van der Waals surface area contributed by atoms with Crippen molar-refractivity contribution in [2.45, 2.75) is 19.5 Å². The largest absolute Gasteiger partial charge is 0.385 e. The second kappa shape index (κ2) is 6.18. The van der Waals surface area contributed by atoms with E-state index >= 15 is 0 Å². The highest BCUT2D eigenvalue weighted by molar-refractivity contribution is 6.31. The molecule has 5 heteroatoms. The SMILES string of the molecule is CNCc1nc2ccc(Cl)cc2n1CCCOC. The molecule has 0 aliphatic carbocycles. The summed E-state index contributed by atoms with van der Waals surface area (Å²) in [6, 6.07) is 5.80. The number of nitrogens with one attached hydrogen (secondary N) is 1. The zero-order valence-corrected chi connectivity index (χ0v) is 11.5. The maximum absolute atomic E-state index is 6.06. The van der Waals surface area contributed by atoms with Crippen molar-refractivity contribution in [1.82, 2.24) is 14.9 Å². The number of nitrogens with zero attached hydrogens (tertiary/aromatic N) is 2. The third-order valence-electron chi connectivity index (χ3n) is 2.85. The number of methoxy groups -OCH3 is 1. The van der Waals surface area contributed by atoms with Crippen LogP contribution in [0.2, 0.25) is 5.02 Å². The molecule has 18 heavy (non-hydrogen) atoms. The van der Waals surface area contributed by atoms with Crippen LogP contribution in [0.3, 0.4) is 0 Å². The van der Waals surface area contributed by atoms with E-state index in [2.05, 4.69) is 14.9 Å². The molecule has 0 atom stereocenters. The first-order valence-corrected chi connectivity index (χ1v) is 6.42. The van der Waals surface area contributed by atoms with Crippen LogP contribution in [-0.4, -0.2) is 30.3 Å². The molecule has 1 aromatic heterocycles. The number of hydrogen-bond acceptors (Lipinski definition) is 3. The van der Waals surface area contributed by atoms with Crippen molar-refractivity contribution in [2.75, 3.05) is 20.8 Å². The molecule has 0 radical (unpaired) electrons. The van der Waals surface area contributed by atoms with E-state index in [-0.39, 0.29) is 0 Å². The summed E-state index contributed by atoms with van der Waals surface area (Å²) in [6.45, 7) is 2.39. The van der Waals surface area contributed by atoms with Gasteiger partial charge in [0.25, 0.3) is 0 Å². The first-order valence-electron chi connectivity index (χ1n) is 6.04. The third kappa shape index (κ3) is 2.83. The van der Waals surface area contributed by atoms with Gasteiger partial charge in [-0.2, -0.15) is 0 Å². The van der Waals surface area contributed by atoms with E-state index in [1.807, 2.05) is 25.2 Å². The van der Waals surface area contributed by atoms with Crippen molar-refractivity contribution in [3.05, 3.63) is 29.0 Å². The minimum atomic E-state index is 0.742. The zero-order valence-electron chi connectivity index (χ0n) is 10.7. The topological polar surface area (TPSA) is 39.1 Å². The van der Waals surface area contributed by atoms with Gasteiger partial charge in [-0.25, -0.2) is 4.98 Å². The number of aryl methyl sites for hydroxylation is 1. The molecular formula is C13H18ClN3O. The molecule has 1 heterocycles. The first-order chi connectivity index (χ1) is 8.76. The number of hydrogen-bond donors (Lipinski definition) is 1. The third-order valence-corrected chi connectivity index (χ3v) is 3.09. The standard InChI is InChI=1S/C13H18ClN3O/c1-15-9-13-16-11-5-4-10(14)8-12(11)17(13)6-3-7-18-2/h4-5,8,15H,3,6-7,9H2,1-2H3. The van der Waals surface area contributed by atoms with Crippen molar-refractivity contribution in [1.29, 1.82) is 0 Å². The molecule has 1 N–H and O–H groups in total. The van der Waals surface area contributed by atoms with Crippen LogP contribution in [0.25, 0.3) is 11.0 Å². The molecule has 0 fully saturated rings. The summed E-state index contributed by atoms with van der Waals surface area (Å²) < 4.78 is 7.31. The fourth-order valence-corrected chi connectivity index (χ4v) is 2.22. The quantitative estimate of drug-likeness (QED) is 0.817. The smallest absolute Gasteiger partial charge is 0.123 e. The van der Waals surface area contributed by atoms with Gasteiger partial charge in [0, 0.05) is 25.3 Å². The van der Waals surface area contributed by atoms with Crippen molar-refractivity contribution >= 4 is 22.6 Å². The lowest BCUT2D eigenvalue weighted by atomic mass is 10.3.